The van der Waals surface area contributed by atoms with Crippen LogP contribution in [0.4, 0.5) is 0 Å². The molecule has 12 heteroatoms. The average Bonchev–Trinajstić information content (AvgIpc) is 4.14. The van der Waals surface area contributed by atoms with E-state index in [-0.39, 0.29) is 0 Å². The lowest BCUT2D eigenvalue weighted by molar-refractivity contribution is 0.454. The van der Waals surface area contributed by atoms with Gasteiger partial charge in [-0.05, 0) is 108 Å². The summed E-state index contributed by atoms with van der Waals surface area (Å²) in [6.07, 6.45) is 7.09. The van der Waals surface area contributed by atoms with Crippen LogP contribution in [0.25, 0.3) is 111 Å². The van der Waals surface area contributed by atoms with Gasteiger partial charge >= 0.3 is 7.69 Å². The van der Waals surface area contributed by atoms with E-state index in [1.165, 1.54) is 32.7 Å². The number of rotatable bonds is 5. The van der Waals surface area contributed by atoms with Crippen LogP contribution in [0.1, 0.15) is 0 Å². The molecule has 10 nitrogen and oxygen atoms in total. The summed E-state index contributed by atoms with van der Waals surface area (Å²) < 4.78 is 21.9. The van der Waals surface area contributed by atoms with Gasteiger partial charge in [0.25, 0.3) is 0 Å². The molecule has 68 heavy (non-hydrogen) atoms. The average molecular weight is 947 g/mol. The van der Waals surface area contributed by atoms with Crippen LogP contribution in [-0.4, -0.2) is 41.8 Å². The molecule has 0 amide bonds. The van der Waals surface area contributed by atoms with Gasteiger partial charge in [-0.1, -0.05) is 101 Å². The van der Waals surface area contributed by atoms with Crippen molar-refractivity contribution in [3.05, 3.63) is 211 Å². The quantitative estimate of drug-likeness (QED) is 0.170. The number of aromatic nitrogens is 6. The highest BCUT2D eigenvalue weighted by Crippen LogP contribution is 2.37. The smallest absolute Gasteiger partial charge is 0.537 e. The Hall–Kier alpha value is -8.58. The second-order valence-corrected chi connectivity index (χ2v) is 16.9. The minimum atomic E-state index is 0.585. The molecule has 0 aliphatic carbocycles. The molecule has 14 aromatic rings. The van der Waals surface area contributed by atoms with Crippen LogP contribution < -0.4 is 4.65 Å². The van der Waals surface area contributed by atoms with Gasteiger partial charge in [-0.3, -0.25) is 9.13 Å². The number of hydrogen-bond acceptors (Lipinski definition) is 8. The highest BCUT2D eigenvalue weighted by atomic mass is 79.9. The second-order valence-electron chi connectivity index (χ2n) is 16.0. The van der Waals surface area contributed by atoms with Crippen molar-refractivity contribution in [3.8, 4) is 28.8 Å². The molecule has 0 saturated heterocycles. The van der Waals surface area contributed by atoms with E-state index in [1.54, 1.807) is 30.9 Å². The molecular weight excluding hydrogens is 911 g/mol. The van der Waals surface area contributed by atoms with Crippen LogP contribution >= 0.6 is 15.9 Å². The predicted molar refractivity (Wildman–Crippen MR) is 275 cm³/mol. The third-order valence-electron chi connectivity index (χ3n) is 12.1. The van der Waals surface area contributed by atoms with Crippen molar-refractivity contribution in [2.45, 2.75) is 0 Å². The molecule has 0 aliphatic rings. The van der Waals surface area contributed by atoms with Gasteiger partial charge in [0.15, 0.2) is 0 Å². The van der Waals surface area contributed by atoms with E-state index in [9.17, 15) is 0 Å². The summed E-state index contributed by atoms with van der Waals surface area (Å²) in [4.78, 5) is 17.8. The maximum atomic E-state index is 8.58. The third kappa shape index (κ3) is 7.28. The maximum Gasteiger partial charge on any atom is 0.569 e. The SMILES string of the molecule is Brc1ccc2c(c1)c1ccccc1n2-c1ncccn1.O[B]Oc1ccc2oc3ccccc3c2c1.c1cnc(-n2c3ccccc3c3cc(-c4ccc5oc6ccccc6c5c4)ccc32)nc1. The van der Waals surface area contributed by atoms with E-state index in [4.69, 9.17) is 18.5 Å². The molecule has 0 aliphatic heterocycles. The molecule has 0 saturated carbocycles. The second kappa shape index (κ2) is 17.3. The van der Waals surface area contributed by atoms with Gasteiger partial charge in [0.05, 0.1) is 22.1 Å². The number of halogens is 1. The molecule has 0 fully saturated rings. The number of para-hydroxylation sites is 4. The fourth-order valence-electron chi connectivity index (χ4n) is 9.09. The Labute approximate surface area is 396 Å². The zero-order valence-corrected chi connectivity index (χ0v) is 37.5. The molecular formula is C56H35BBrN6O4. The Morgan fingerprint density at radius 1 is 0.397 bits per heavy atom. The fourth-order valence-corrected chi connectivity index (χ4v) is 9.45. The van der Waals surface area contributed by atoms with Gasteiger partial charge < -0.3 is 18.5 Å². The normalized spacial score (nSPS) is 11.4. The highest BCUT2D eigenvalue weighted by molar-refractivity contribution is 9.10. The van der Waals surface area contributed by atoms with Gasteiger partial charge in [0.1, 0.15) is 28.1 Å². The Morgan fingerprint density at radius 2 is 0.824 bits per heavy atom. The first kappa shape index (κ1) is 40.9. The molecule has 0 atom stereocenters. The number of furan rings is 2. The summed E-state index contributed by atoms with van der Waals surface area (Å²) >= 11 is 3.54. The minimum absolute atomic E-state index is 0.585. The standard InChI is InChI=1S/C28H17N3O.C16H10BrN3.C12H8BO3/c1-3-8-24-20(6-1)22-16-18(10-12-25(22)31(24)28-29-14-5-15-30-28)19-11-13-27-23(17-19)21-7-2-4-9-26(21)32-27;17-11-6-7-15-13(10-11)12-4-1-2-5-14(12)20(15)16-18-8-3-9-19-16;14-13-16-8-5-6-12-10(7-8)9-3-1-2-4-11(9)15-12/h1-17H;1-10H;1-7,14H. The zero-order valence-electron chi connectivity index (χ0n) is 35.9. The van der Waals surface area contributed by atoms with Crippen molar-refractivity contribution < 1.29 is 18.5 Å². The van der Waals surface area contributed by atoms with Crippen LogP contribution in [0.15, 0.2) is 220 Å². The first-order valence-corrected chi connectivity index (χ1v) is 22.6. The van der Waals surface area contributed by atoms with Gasteiger partial charge in [0.2, 0.25) is 11.9 Å². The predicted octanol–water partition coefficient (Wildman–Crippen LogP) is 14.0. The van der Waals surface area contributed by atoms with Crippen molar-refractivity contribution >= 4 is 111 Å². The summed E-state index contributed by atoms with van der Waals surface area (Å²) in [5.74, 6) is 1.96. The molecule has 1 radical (unpaired) electrons. The first-order valence-electron chi connectivity index (χ1n) is 21.8. The van der Waals surface area contributed by atoms with Crippen LogP contribution in [-0.2, 0) is 0 Å². The summed E-state index contributed by atoms with van der Waals surface area (Å²) in [6, 6.07) is 61.1. The van der Waals surface area contributed by atoms with Crippen molar-refractivity contribution in [3.63, 3.8) is 0 Å². The molecule has 14 rings (SSSR count). The number of hydrogen-bond donors (Lipinski definition) is 1. The van der Waals surface area contributed by atoms with Gasteiger partial charge in [0, 0.05) is 72.3 Å². The Bertz CT molecular complexity index is 4150. The van der Waals surface area contributed by atoms with Crippen LogP contribution in [0, 0.1) is 0 Å². The van der Waals surface area contributed by atoms with Gasteiger partial charge in [-0.25, -0.2) is 19.9 Å². The third-order valence-corrected chi connectivity index (χ3v) is 12.6. The summed E-state index contributed by atoms with van der Waals surface area (Å²) in [7, 11) is 0.670. The van der Waals surface area contributed by atoms with Crippen molar-refractivity contribution in [2.24, 2.45) is 0 Å². The van der Waals surface area contributed by atoms with E-state index < -0.39 is 0 Å². The Balaban J connectivity index is 0.000000114. The molecule has 323 valence electrons. The molecule has 8 aromatic carbocycles. The van der Waals surface area contributed by atoms with E-state index in [0.717, 1.165) is 70.4 Å². The summed E-state index contributed by atoms with van der Waals surface area (Å²) in [5.41, 5.74) is 10.2. The van der Waals surface area contributed by atoms with Gasteiger partial charge in [-0.2, -0.15) is 0 Å². The van der Waals surface area contributed by atoms with E-state index in [1.807, 2.05) is 72.8 Å². The molecule has 6 heterocycles. The number of fused-ring (bicyclic) bond motifs is 12. The lowest BCUT2D eigenvalue weighted by atomic mass is 10.0. The van der Waals surface area contributed by atoms with Gasteiger partial charge in [-0.15, -0.1) is 0 Å². The van der Waals surface area contributed by atoms with Crippen molar-refractivity contribution in [2.75, 3.05) is 0 Å². The molecule has 0 unspecified atom stereocenters. The van der Waals surface area contributed by atoms with Crippen LogP contribution in [0.2, 0.25) is 0 Å². The number of benzene rings is 8. The summed E-state index contributed by atoms with van der Waals surface area (Å²) in [6.45, 7) is 0. The largest absolute Gasteiger partial charge is 0.569 e. The molecule has 1 N–H and O–H groups in total. The van der Waals surface area contributed by atoms with Crippen molar-refractivity contribution in [1.29, 1.82) is 0 Å². The van der Waals surface area contributed by atoms with E-state index in [0.29, 0.717) is 25.3 Å². The minimum Gasteiger partial charge on any atom is -0.537 e. The molecule has 0 bridgehead atoms. The number of nitrogens with zero attached hydrogens (tertiary/aromatic N) is 6. The lowest BCUT2D eigenvalue weighted by Gasteiger charge is -2.06. The topological polar surface area (TPSA) is 117 Å². The first-order chi connectivity index (χ1) is 33.6. The monoisotopic (exact) mass is 945 g/mol. The Morgan fingerprint density at radius 3 is 1.40 bits per heavy atom. The fraction of sp³-hybridized carbons (Fsp3) is 0. The summed E-state index contributed by atoms with van der Waals surface area (Å²) in [5, 5.41) is 17.7. The maximum absolute atomic E-state index is 8.58. The van der Waals surface area contributed by atoms with Crippen LogP contribution in [0.3, 0.4) is 0 Å². The lowest BCUT2D eigenvalue weighted by Crippen LogP contribution is -1.99. The van der Waals surface area contributed by atoms with Crippen molar-refractivity contribution in [1.82, 2.24) is 29.1 Å². The Kier molecular flexibility index (Phi) is 10.4. The molecule has 0 spiro atoms. The van der Waals surface area contributed by atoms with E-state index in [2.05, 4.69) is 148 Å². The molecule has 6 aromatic heterocycles. The zero-order chi connectivity index (χ0) is 45.6. The van der Waals surface area contributed by atoms with Crippen LogP contribution in [0.5, 0.6) is 5.75 Å². The van der Waals surface area contributed by atoms with E-state index >= 15 is 0 Å². The highest BCUT2D eigenvalue weighted by Gasteiger charge is 2.16.